The molecule has 0 aromatic rings. The molecular formula is C50H94O9. The summed E-state index contributed by atoms with van der Waals surface area (Å²) in [6.07, 6.45) is 42.1. The van der Waals surface area contributed by atoms with E-state index in [-0.39, 0.29) is 19.2 Å². The first kappa shape index (κ1) is 55.7. The van der Waals surface area contributed by atoms with Gasteiger partial charge >= 0.3 is 5.97 Å². The van der Waals surface area contributed by atoms with Crippen LogP contribution < -0.4 is 0 Å². The number of unbranched alkanes of at least 4 members (excludes halogenated alkanes) is 28. The van der Waals surface area contributed by atoms with E-state index < -0.39 is 43.4 Å². The molecule has 1 aliphatic rings. The molecule has 1 rings (SSSR count). The van der Waals surface area contributed by atoms with Crippen molar-refractivity contribution in [2.45, 2.75) is 263 Å². The molecule has 0 radical (unpaired) electrons. The van der Waals surface area contributed by atoms with Crippen LogP contribution in [0.2, 0.25) is 0 Å². The standard InChI is InChI=1S/C50H94O9/c1-3-5-7-9-11-13-15-17-19-20-21-22-23-24-25-27-29-31-33-35-37-39-46(52)58-44(43-57-50-49(55)48(54)47(53)45(41-51)59-50)42-56-40-38-36-34-32-30-28-26-18-16-14-12-10-8-6-4-2/h10,12,16,18,44-45,47-51,53-55H,3-9,11,13-15,17,19-43H2,1-2H3/b12-10-,18-16-. The van der Waals surface area contributed by atoms with Crippen LogP contribution in [-0.4, -0.2) is 89.6 Å². The summed E-state index contributed by atoms with van der Waals surface area (Å²) in [5, 5.41) is 40.2. The maximum atomic E-state index is 12.8. The minimum atomic E-state index is -1.54. The van der Waals surface area contributed by atoms with Gasteiger partial charge in [0.1, 0.15) is 30.5 Å². The Morgan fingerprint density at radius 1 is 0.542 bits per heavy atom. The fourth-order valence-electron chi connectivity index (χ4n) is 7.69. The van der Waals surface area contributed by atoms with Gasteiger partial charge < -0.3 is 39.4 Å². The van der Waals surface area contributed by atoms with Gasteiger partial charge in [-0.2, -0.15) is 0 Å². The first-order chi connectivity index (χ1) is 28.9. The van der Waals surface area contributed by atoms with E-state index in [0.717, 1.165) is 51.4 Å². The number of ether oxygens (including phenoxy) is 4. The van der Waals surface area contributed by atoms with E-state index in [2.05, 4.69) is 38.2 Å². The van der Waals surface area contributed by atoms with Gasteiger partial charge in [0.25, 0.3) is 0 Å². The number of rotatable bonds is 43. The number of aliphatic hydroxyl groups is 4. The van der Waals surface area contributed by atoms with Crippen molar-refractivity contribution in [3.63, 3.8) is 0 Å². The second-order valence-corrected chi connectivity index (χ2v) is 17.3. The largest absolute Gasteiger partial charge is 0.457 e. The van der Waals surface area contributed by atoms with Crippen molar-refractivity contribution in [3.8, 4) is 0 Å². The van der Waals surface area contributed by atoms with Crippen LogP contribution in [0.25, 0.3) is 0 Å². The Bertz CT molecular complexity index is 957. The predicted octanol–water partition coefficient (Wildman–Crippen LogP) is 11.8. The Morgan fingerprint density at radius 2 is 1.00 bits per heavy atom. The molecule has 0 aromatic heterocycles. The van der Waals surface area contributed by atoms with Crippen LogP contribution in [0, 0.1) is 0 Å². The Hall–Kier alpha value is -1.33. The van der Waals surface area contributed by atoms with Gasteiger partial charge in [-0.25, -0.2) is 0 Å². The van der Waals surface area contributed by atoms with E-state index >= 15 is 0 Å². The van der Waals surface area contributed by atoms with Crippen molar-refractivity contribution in [2.24, 2.45) is 0 Å². The van der Waals surface area contributed by atoms with Gasteiger partial charge in [-0.05, 0) is 38.5 Å². The SMILES string of the molecule is CCCC/C=C\C/C=C\CCCCCCCCOCC(COC1OC(CO)C(O)C(O)C1O)OC(=O)CCCCCCCCCCCCCCCCCCCCCCC. The summed E-state index contributed by atoms with van der Waals surface area (Å²) in [5.41, 5.74) is 0. The molecule has 59 heavy (non-hydrogen) atoms. The molecule has 9 nitrogen and oxygen atoms in total. The molecule has 4 N–H and O–H groups in total. The van der Waals surface area contributed by atoms with Gasteiger partial charge in [-0.1, -0.05) is 205 Å². The molecule has 1 heterocycles. The van der Waals surface area contributed by atoms with Crippen LogP contribution in [0.5, 0.6) is 0 Å². The molecule has 1 saturated heterocycles. The molecule has 0 aromatic carbocycles. The smallest absolute Gasteiger partial charge is 0.306 e. The Kier molecular flexibility index (Phi) is 39.6. The number of aliphatic hydroxyl groups excluding tert-OH is 4. The summed E-state index contributed by atoms with van der Waals surface area (Å²) >= 11 is 0. The molecule has 1 fully saturated rings. The van der Waals surface area contributed by atoms with E-state index in [9.17, 15) is 25.2 Å². The van der Waals surface area contributed by atoms with Crippen LogP contribution >= 0.6 is 0 Å². The Morgan fingerprint density at radius 3 is 1.51 bits per heavy atom. The van der Waals surface area contributed by atoms with E-state index in [1.54, 1.807) is 0 Å². The molecule has 0 aliphatic carbocycles. The summed E-state index contributed by atoms with van der Waals surface area (Å²) in [6, 6.07) is 0. The van der Waals surface area contributed by atoms with E-state index in [1.165, 1.54) is 154 Å². The molecule has 0 bridgehead atoms. The Labute approximate surface area is 362 Å². The van der Waals surface area contributed by atoms with Crippen molar-refractivity contribution in [3.05, 3.63) is 24.3 Å². The first-order valence-electron chi connectivity index (χ1n) is 24.9. The van der Waals surface area contributed by atoms with Gasteiger partial charge in [-0.3, -0.25) is 4.79 Å². The molecule has 6 unspecified atom stereocenters. The summed E-state index contributed by atoms with van der Waals surface area (Å²) in [7, 11) is 0. The Balaban J connectivity index is 2.20. The summed E-state index contributed by atoms with van der Waals surface area (Å²) in [6.45, 7) is 4.53. The molecule has 0 spiro atoms. The lowest BCUT2D eigenvalue weighted by Gasteiger charge is -2.39. The highest BCUT2D eigenvalue weighted by molar-refractivity contribution is 5.69. The van der Waals surface area contributed by atoms with Crippen molar-refractivity contribution in [1.29, 1.82) is 0 Å². The normalized spacial score (nSPS) is 20.3. The first-order valence-corrected chi connectivity index (χ1v) is 24.9. The molecule has 6 atom stereocenters. The summed E-state index contributed by atoms with van der Waals surface area (Å²) in [5.74, 6) is -0.313. The van der Waals surface area contributed by atoms with E-state index in [4.69, 9.17) is 18.9 Å². The average molecular weight is 839 g/mol. The second-order valence-electron chi connectivity index (χ2n) is 17.3. The van der Waals surface area contributed by atoms with Crippen LogP contribution in [-0.2, 0) is 23.7 Å². The highest BCUT2D eigenvalue weighted by Crippen LogP contribution is 2.23. The third-order valence-electron chi connectivity index (χ3n) is 11.6. The summed E-state index contributed by atoms with van der Waals surface area (Å²) < 4.78 is 22.9. The van der Waals surface area contributed by atoms with Crippen LogP contribution in [0.4, 0.5) is 0 Å². The maximum Gasteiger partial charge on any atom is 0.306 e. The van der Waals surface area contributed by atoms with E-state index in [1.807, 2.05) is 0 Å². The minimum Gasteiger partial charge on any atom is -0.457 e. The number of allylic oxidation sites excluding steroid dienone is 4. The molecule has 1 aliphatic heterocycles. The van der Waals surface area contributed by atoms with Crippen LogP contribution in [0.3, 0.4) is 0 Å². The molecule has 0 amide bonds. The monoisotopic (exact) mass is 839 g/mol. The zero-order chi connectivity index (χ0) is 42.9. The minimum absolute atomic E-state index is 0.114. The highest BCUT2D eigenvalue weighted by atomic mass is 16.7. The van der Waals surface area contributed by atoms with Crippen molar-refractivity contribution in [1.82, 2.24) is 0 Å². The molecule has 9 heteroatoms. The third-order valence-corrected chi connectivity index (χ3v) is 11.6. The third kappa shape index (κ3) is 33.0. The zero-order valence-corrected chi connectivity index (χ0v) is 38.3. The van der Waals surface area contributed by atoms with Crippen LogP contribution in [0.1, 0.15) is 226 Å². The van der Waals surface area contributed by atoms with Gasteiger partial charge in [0.05, 0.1) is 19.8 Å². The second kappa shape index (κ2) is 42.0. The fraction of sp³-hybridized carbons (Fsp3) is 0.900. The molecular weight excluding hydrogens is 745 g/mol. The molecule has 0 saturated carbocycles. The van der Waals surface area contributed by atoms with Gasteiger partial charge in [0.2, 0.25) is 0 Å². The van der Waals surface area contributed by atoms with Gasteiger partial charge in [0, 0.05) is 13.0 Å². The number of hydrogen-bond donors (Lipinski definition) is 4. The molecule has 348 valence electrons. The maximum absolute atomic E-state index is 12.8. The zero-order valence-electron chi connectivity index (χ0n) is 38.3. The van der Waals surface area contributed by atoms with Crippen molar-refractivity contribution >= 4 is 5.97 Å². The van der Waals surface area contributed by atoms with Gasteiger partial charge in [0.15, 0.2) is 6.29 Å². The summed E-state index contributed by atoms with van der Waals surface area (Å²) in [4.78, 5) is 12.8. The fourth-order valence-corrected chi connectivity index (χ4v) is 7.69. The van der Waals surface area contributed by atoms with Crippen molar-refractivity contribution in [2.75, 3.05) is 26.4 Å². The number of carbonyl (C=O) groups excluding carboxylic acids is 1. The lowest BCUT2D eigenvalue weighted by Crippen LogP contribution is -2.59. The highest BCUT2D eigenvalue weighted by Gasteiger charge is 2.44. The van der Waals surface area contributed by atoms with Gasteiger partial charge in [-0.15, -0.1) is 0 Å². The van der Waals surface area contributed by atoms with Crippen LogP contribution in [0.15, 0.2) is 24.3 Å². The quantitative estimate of drug-likeness (QED) is 0.0269. The van der Waals surface area contributed by atoms with E-state index in [0.29, 0.717) is 13.0 Å². The number of hydrogen-bond acceptors (Lipinski definition) is 9. The van der Waals surface area contributed by atoms with Crippen molar-refractivity contribution < 1.29 is 44.2 Å². The number of esters is 1. The predicted molar refractivity (Wildman–Crippen MR) is 242 cm³/mol. The average Bonchev–Trinajstić information content (AvgIpc) is 3.24. The topological polar surface area (TPSA) is 135 Å². The lowest BCUT2D eigenvalue weighted by molar-refractivity contribution is -0.305. The lowest BCUT2D eigenvalue weighted by atomic mass is 9.99. The number of carbonyl (C=O) groups is 1.